The largest absolute Gasteiger partial charge is 0.383 e. The average molecular weight is 336 g/mol. The molecule has 0 saturated carbocycles. The second-order valence-corrected chi connectivity index (χ2v) is 6.31. The number of aromatic nitrogens is 2. The first kappa shape index (κ1) is 15.4. The van der Waals surface area contributed by atoms with Crippen molar-refractivity contribution in [1.82, 2.24) is 9.78 Å². The van der Waals surface area contributed by atoms with Crippen LogP contribution in [0.25, 0.3) is 0 Å². The highest BCUT2D eigenvalue weighted by atomic mass is 79.9. The Bertz CT molecular complexity index is 476. The molecular weight excluding hydrogens is 318 g/mol. The lowest BCUT2D eigenvalue weighted by Crippen LogP contribution is -2.24. The number of rotatable bonds is 7. The summed E-state index contributed by atoms with van der Waals surface area (Å²) in [5.74, 6) is 0.658. The van der Waals surface area contributed by atoms with Crippen LogP contribution in [0.3, 0.4) is 0 Å². The van der Waals surface area contributed by atoms with Crippen LogP contribution in [0, 0.1) is 0 Å². The fourth-order valence-corrected chi connectivity index (χ4v) is 2.46. The molecule has 0 aromatic carbocycles. The van der Waals surface area contributed by atoms with Crippen molar-refractivity contribution in [2.24, 2.45) is 0 Å². The quantitative estimate of drug-likeness (QED) is 0.768. The molecule has 1 heterocycles. The topological polar surface area (TPSA) is 64.0 Å². The predicted octanol–water partition coefficient (Wildman–Crippen LogP) is 1.60. The Morgan fingerprint density at radius 1 is 1.56 bits per heavy atom. The van der Waals surface area contributed by atoms with E-state index in [9.17, 15) is 9.00 Å². The summed E-state index contributed by atoms with van der Waals surface area (Å²) < 4.78 is 12.8. The minimum Gasteiger partial charge on any atom is -0.383 e. The van der Waals surface area contributed by atoms with E-state index in [-0.39, 0.29) is 5.56 Å². The van der Waals surface area contributed by atoms with Gasteiger partial charge >= 0.3 is 0 Å². The molecule has 0 aliphatic rings. The minimum atomic E-state index is -0.773. The van der Waals surface area contributed by atoms with Crippen LogP contribution >= 0.6 is 15.9 Å². The Kier molecular flexibility index (Phi) is 6.56. The lowest BCUT2D eigenvalue weighted by atomic mass is 10.4. The molecule has 1 aromatic heterocycles. The molecule has 7 heteroatoms. The third kappa shape index (κ3) is 4.53. The molecule has 0 bridgehead atoms. The number of halogens is 1. The van der Waals surface area contributed by atoms with Crippen LogP contribution in [0.4, 0.5) is 5.69 Å². The number of aryl methyl sites for hydroxylation is 1. The van der Waals surface area contributed by atoms with E-state index >= 15 is 0 Å². The molecule has 0 radical (unpaired) electrons. The normalized spacial score (nSPS) is 12.4. The molecule has 0 aliphatic carbocycles. The van der Waals surface area contributed by atoms with Gasteiger partial charge in [0.25, 0.3) is 5.56 Å². The van der Waals surface area contributed by atoms with Crippen LogP contribution in [0.5, 0.6) is 0 Å². The van der Waals surface area contributed by atoms with Crippen molar-refractivity contribution >= 4 is 32.4 Å². The zero-order valence-electron chi connectivity index (χ0n) is 10.6. The number of hydrogen-bond donors (Lipinski definition) is 1. The molecule has 1 aromatic rings. The molecule has 0 aliphatic heterocycles. The van der Waals surface area contributed by atoms with E-state index in [0.29, 0.717) is 29.0 Å². The zero-order valence-corrected chi connectivity index (χ0v) is 13.0. The van der Waals surface area contributed by atoms with E-state index in [2.05, 4.69) is 26.3 Å². The van der Waals surface area contributed by atoms with Gasteiger partial charge in [-0.25, -0.2) is 4.68 Å². The number of anilines is 1. The third-order valence-corrected chi connectivity index (χ3v) is 3.97. The highest BCUT2D eigenvalue weighted by Crippen LogP contribution is 2.15. The lowest BCUT2D eigenvalue weighted by Gasteiger charge is -2.09. The molecular formula is C11H18BrN3O2S. The average Bonchev–Trinajstić information content (AvgIpc) is 2.33. The number of nitrogens with zero attached hydrogens (tertiary/aromatic N) is 2. The van der Waals surface area contributed by atoms with Gasteiger partial charge in [0.15, 0.2) is 0 Å². The second-order valence-electron chi connectivity index (χ2n) is 3.96. The summed E-state index contributed by atoms with van der Waals surface area (Å²) in [6.45, 7) is 3.29. The Labute approximate surface area is 118 Å². The molecule has 1 N–H and O–H groups in total. The first-order chi connectivity index (χ1) is 8.56. The van der Waals surface area contributed by atoms with E-state index in [1.165, 1.54) is 4.68 Å². The van der Waals surface area contributed by atoms with Crippen LogP contribution in [0.1, 0.15) is 19.8 Å². The van der Waals surface area contributed by atoms with Crippen LogP contribution in [-0.4, -0.2) is 32.5 Å². The van der Waals surface area contributed by atoms with Gasteiger partial charge < -0.3 is 5.32 Å². The minimum absolute atomic E-state index is 0.124. The summed E-state index contributed by atoms with van der Waals surface area (Å²) in [6.07, 6.45) is 5.00. The van der Waals surface area contributed by atoms with Gasteiger partial charge in [0.1, 0.15) is 4.47 Å². The third-order valence-electron chi connectivity index (χ3n) is 2.34. The predicted molar refractivity (Wildman–Crippen MR) is 78.5 cm³/mol. The number of nitrogens with one attached hydrogen (secondary N) is 1. The van der Waals surface area contributed by atoms with Gasteiger partial charge in [0.05, 0.1) is 11.9 Å². The lowest BCUT2D eigenvalue weighted by molar-refractivity contribution is 0.566. The van der Waals surface area contributed by atoms with E-state index in [4.69, 9.17) is 0 Å². The van der Waals surface area contributed by atoms with Crippen molar-refractivity contribution in [3.05, 3.63) is 21.0 Å². The van der Waals surface area contributed by atoms with Crippen molar-refractivity contribution in [2.45, 2.75) is 26.3 Å². The monoisotopic (exact) mass is 335 g/mol. The van der Waals surface area contributed by atoms with Crippen molar-refractivity contribution in [1.29, 1.82) is 0 Å². The molecule has 1 rings (SSSR count). The van der Waals surface area contributed by atoms with Gasteiger partial charge in [-0.1, -0.05) is 6.92 Å². The molecule has 0 amide bonds. The molecule has 0 fully saturated rings. The molecule has 18 heavy (non-hydrogen) atoms. The molecule has 1 atom stereocenters. The van der Waals surface area contributed by atoms with Gasteiger partial charge in [0.2, 0.25) is 0 Å². The fraction of sp³-hybridized carbons (Fsp3) is 0.636. The number of hydrogen-bond acceptors (Lipinski definition) is 4. The van der Waals surface area contributed by atoms with Gasteiger partial charge in [-0.15, -0.1) is 0 Å². The Balaban J connectivity index is 2.65. The zero-order chi connectivity index (χ0) is 13.5. The smallest absolute Gasteiger partial charge is 0.283 e. The van der Waals surface area contributed by atoms with E-state index in [0.717, 1.165) is 12.8 Å². The van der Waals surface area contributed by atoms with Crippen LogP contribution in [0.2, 0.25) is 0 Å². The van der Waals surface area contributed by atoms with E-state index in [1.54, 1.807) is 12.5 Å². The summed E-state index contributed by atoms with van der Waals surface area (Å²) >= 11 is 3.29. The van der Waals surface area contributed by atoms with Crippen LogP contribution in [0.15, 0.2) is 15.5 Å². The van der Waals surface area contributed by atoms with Gasteiger partial charge in [-0.05, 0) is 28.8 Å². The maximum atomic E-state index is 11.9. The summed E-state index contributed by atoms with van der Waals surface area (Å²) in [5.41, 5.74) is 0.565. The van der Waals surface area contributed by atoms with Crippen molar-refractivity contribution in [3.8, 4) is 0 Å². The first-order valence-electron chi connectivity index (χ1n) is 5.85. The molecule has 102 valence electrons. The van der Waals surface area contributed by atoms with Crippen molar-refractivity contribution in [2.75, 3.05) is 23.9 Å². The van der Waals surface area contributed by atoms with E-state index in [1.807, 2.05) is 6.92 Å². The maximum Gasteiger partial charge on any atom is 0.283 e. The molecule has 0 saturated heterocycles. The van der Waals surface area contributed by atoms with E-state index < -0.39 is 10.8 Å². The Morgan fingerprint density at radius 3 is 2.89 bits per heavy atom. The molecule has 5 nitrogen and oxygen atoms in total. The first-order valence-corrected chi connectivity index (χ1v) is 8.37. The van der Waals surface area contributed by atoms with Gasteiger partial charge in [-0.2, -0.15) is 5.10 Å². The summed E-state index contributed by atoms with van der Waals surface area (Å²) in [7, 11) is -0.773. The highest BCUT2D eigenvalue weighted by Gasteiger charge is 2.07. The van der Waals surface area contributed by atoms with Crippen LogP contribution < -0.4 is 10.9 Å². The fourth-order valence-electron chi connectivity index (χ4n) is 1.46. The Morgan fingerprint density at radius 2 is 2.28 bits per heavy atom. The molecule has 0 spiro atoms. The summed E-state index contributed by atoms with van der Waals surface area (Å²) in [5, 5.41) is 7.22. The standard InChI is InChI=1S/C11H18BrN3O2S/c1-3-6-15-11(16)10(12)9(8-14-15)13-5-4-7-18(2)17/h8,13H,3-7H2,1-2H3. The molecule has 1 unspecified atom stereocenters. The summed E-state index contributed by atoms with van der Waals surface area (Å²) in [4.78, 5) is 11.9. The summed E-state index contributed by atoms with van der Waals surface area (Å²) in [6, 6.07) is 0. The highest BCUT2D eigenvalue weighted by molar-refractivity contribution is 9.10. The second kappa shape index (κ2) is 7.68. The maximum absolute atomic E-state index is 11.9. The van der Waals surface area contributed by atoms with Crippen LogP contribution in [-0.2, 0) is 17.3 Å². The SMILES string of the molecule is CCCn1ncc(NCCCS(C)=O)c(Br)c1=O. The van der Waals surface area contributed by atoms with Crippen molar-refractivity contribution in [3.63, 3.8) is 0 Å². The Hall–Kier alpha value is -0.690. The van der Waals surface area contributed by atoms with Gasteiger partial charge in [-0.3, -0.25) is 9.00 Å². The van der Waals surface area contributed by atoms with Crippen molar-refractivity contribution < 1.29 is 4.21 Å². The van der Waals surface area contributed by atoms with Gasteiger partial charge in [0, 0.05) is 35.9 Å².